The van der Waals surface area contributed by atoms with E-state index >= 15 is 0 Å². The van der Waals surface area contributed by atoms with Gasteiger partial charge in [-0.2, -0.15) is 11.8 Å². The minimum absolute atomic E-state index is 0.0921. The molecule has 0 saturated heterocycles. The summed E-state index contributed by atoms with van der Waals surface area (Å²) >= 11 is 1.57. The molecule has 0 aromatic carbocycles. The molecule has 0 aliphatic rings. The zero-order chi connectivity index (χ0) is 11.0. The lowest BCUT2D eigenvalue weighted by atomic mass is 10.2. The number of amides is 1. The van der Waals surface area contributed by atoms with E-state index in [1.54, 1.807) is 11.8 Å². The van der Waals surface area contributed by atoms with Gasteiger partial charge >= 0.3 is 0 Å². The maximum atomic E-state index is 11.3. The zero-order valence-corrected chi connectivity index (χ0v) is 10.1. The van der Waals surface area contributed by atoms with Crippen molar-refractivity contribution in [2.75, 3.05) is 18.1 Å². The highest BCUT2D eigenvalue weighted by molar-refractivity contribution is 7.99. The molecule has 0 bridgehead atoms. The van der Waals surface area contributed by atoms with Crippen molar-refractivity contribution in [1.29, 1.82) is 0 Å². The molecular formula is C10H21NO2S. The van der Waals surface area contributed by atoms with Gasteiger partial charge in [0.25, 0.3) is 0 Å². The molecule has 0 saturated carbocycles. The number of aliphatic hydroxyl groups excluding tert-OH is 1. The summed E-state index contributed by atoms with van der Waals surface area (Å²) in [6, 6.07) is 0.262. The third kappa shape index (κ3) is 7.21. The average molecular weight is 219 g/mol. The molecule has 4 heteroatoms. The van der Waals surface area contributed by atoms with E-state index in [1.165, 1.54) is 0 Å². The van der Waals surface area contributed by atoms with E-state index in [0.717, 1.165) is 12.2 Å². The van der Waals surface area contributed by atoms with Crippen LogP contribution in [-0.4, -0.2) is 35.2 Å². The quantitative estimate of drug-likeness (QED) is 0.678. The molecule has 1 amide bonds. The van der Waals surface area contributed by atoms with Gasteiger partial charge in [0.15, 0.2) is 0 Å². The number of hydrogen-bond acceptors (Lipinski definition) is 3. The summed E-state index contributed by atoms with van der Waals surface area (Å²) in [5, 5.41) is 11.7. The van der Waals surface area contributed by atoms with E-state index < -0.39 is 0 Å². The van der Waals surface area contributed by atoms with Gasteiger partial charge in [-0.3, -0.25) is 4.79 Å². The van der Waals surface area contributed by atoms with Crippen LogP contribution < -0.4 is 5.32 Å². The van der Waals surface area contributed by atoms with Crippen LogP contribution in [0.25, 0.3) is 0 Å². The Bertz CT molecular complexity index is 164. The first-order valence-electron chi connectivity index (χ1n) is 5.08. The van der Waals surface area contributed by atoms with Crippen molar-refractivity contribution in [3.05, 3.63) is 0 Å². The molecule has 0 aliphatic carbocycles. The predicted octanol–water partition coefficient (Wildman–Crippen LogP) is 1.26. The first-order valence-corrected chi connectivity index (χ1v) is 6.23. The van der Waals surface area contributed by atoms with Crippen molar-refractivity contribution >= 4 is 17.7 Å². The van der Waals surface area contributed by atoms with Gasteiger partial charge in [-0.15, -0.1) is 0 Å². The maximum absolute atomic E-state index is 11.3. The average Bonchev–Trinajstić information content (AvgIpc) is 2.17. The summed E-state index contributed by atoms with van der Waals surface area (Å²) in [4.78, 5) is 11.3. The van der Waals surface area contributed by atoms with Crippen LogP contribution in [0.3, 0.4) is 0 Å². The molecule has 3 nitrogen and oxygen atoms in total. The molecule has 2 atom stereocenters. The largest absolute Gasteiger partial charge is 0.396 e. The molecule has 0 rings (SSSR count). The molecule has 0 radical (unpaired) electrons. The summed E-state index contributed by atoms with van der Waals surface area (Å²) in [5.74, 6) is 1.70. The fourth-order valence-electron chi connectivity index (χ4n) is 0.824. The second-order valence-corrected chi connectivity index (χ2v) is 4.71. The van der Waals surface area contributed by atoms with Crippen molar-refractivity contribution in [3.63, 3.8) is 0 Å². The summed E-state index contributed by atoms with van der Waals surface area (Å²) < 4.78 is 0. The number of aliphatic hydroxyl groups is 1. The molecule has 0 spiro atoms. The molecule has 84 valence electrons. The highest BCUT2D eigenvalue weighted by atomic mass is 32.2. The molecule has 14 heavy (non-hydrogen) atoms. The zero-order valence-electron chi connectivity index (χ0n) is 9.25. The Labute approximate surface area is 90.7 Å². The van der Waals surface area contributed by atoms with Gasteiger partial charge in [-0.25, -0.2) is 0 Å². The van der Waals surface area contributed by atoms with Crippen molar-refractivity contribution in [1.82, 2.24) is 5.32 Å². The molecule has 0 aliphatic heterocycles. The monoisotopic (exact) mass is 219 g/mol. The maximum Gasteiger partial charge on any atom is 0.230 e. The molecule has 0 aromatic rings. The van der Waals surface area contributed by atoms with Gasteiger partial charge in [-0.05, 0) is 25.0 Å². The van der Waals surface area contributed by atoms with Crippen LogP contribution in [0.2, 0.25) is 0 Å². The third-order valence-corrected chi connectivity index (χ3v) is 3.24. The SMILES string of the molecule is CCC(C)NC(=O)CSCC(C)CO. The number of carbonyl (C=O) groups excluding carboxylic acids is 1. The number of thioether (sulfide) groups is 1. The Morgan fingerprint density at radius 1 is 1.50 bits per heavy atom. The van der Waals surface area contributed by atoms with E-state index in [0.29, 0.717) is 5.75 Å². The van der Waals surface area contributed by atoms with Crippen LogP contribution in [0.4, 0.5) is 0 Å². The van der Waals surface area contributed by atoms with Crippen LogP contribution >= 0.6 is 11.8 Å². The van der Waals surface area contributed by atoms with Gasteiger partial charge in [0.1, 0.15) is 0 Å². The first-order chi connectivity index (χ1) is 6.60. The van der Waals surface area contributed by atoms with E-state index in [-0.39, 0.29) is 24.5 Å². The van der Waals surface area contributed by atoms with Crippen LogP contribution in [0.5, 0.6) is 0 Å². The lowest BCUT2D eigenvalue weighted by Crippen LogP contribution is -2.33. The fraction of sp³-hybridized carbons (Fsp3) is 0.900. The summed E-state index contributed by atoms with van der Waals surface area (Å²) in [6.07, 6.45) is 0.962. The third-order valence-electron chi connectivity index (χ3n) is 1.97. The Morgan fingerprint density at radius 2 is 2.14 bits per heavy atom. The summed E-state index contributed by atoms with van der Waals surface area (Å²) in [5.41, 5.74) is 0. The fourth-order valence-corrected chi connectivity index (χ4v) is 1.72. The van der Waals surface area contributed by atoms with E-state index in [9.17, 15) is 4.79 Å². The van der Waals surface area contributed by atoms with E-state index in [1.807, 2.05) is 20.8 Å². The highest BCUT2D eigenvalue weighted by Gasteiger charge is 2.06. The molecule has 0 aromatic heterocycles. The number of rotatable bonds is 7. The molecule has 0 heterocycles. The Hall–Kier alpha value is -0.220. The molecule has 0 fully saturated rings. The minimum atomic E-state index is 0.0921. The topological polar surface area (TPSA) is 49.3 Å². The van der Waals surface area contributed by atoms with Crippen LogP contribution in [0, 0.1) is 5.92 Å². The lowest BCUT2D eigenvalue weighted by Gasteiger charge is -2.11. The lowest BCUT2D eigenvalue weighted by molar-refractivity contribution is -0.119. The van der Waals surface area contributed by atoms with Crippen molar-refractivity contribution in [2.24, 2.45) is 5.92 Å². The van der Waals surface area contributed by atoms with Crippen LogP contribution in [0.1, 0.15) is 27.2 Å². The first kappa shape index (κ1) is 13.8. The Balaban J connectivity index is 3.44. The minimum Gasteiger partial charge on any atom is -0.396 e. The Kier molecular flexibility index (Phi) is 7.99. The standard InChI is InChI=1S/C10H21NO2S/c1-4-9(3)11-10(13)7-14-6-8(2)5-12/h8-9,12H,4-7H2,1-3H3,(H,11,13). The molecular weight excluding hydrogens is 198 g/mol. The van der Waals surface area contributed by atoms with Gasteiger partial charge in [0.05, 0.1) is 5.75 Å². The van der Waals surface area contributed by atoms with Gasteiger partial charge in [0.2, 0.25) is 5.91 Å². The number of nitrogens with one attached hydrogen (secondary N) is 1. The highest BCUT2D eigenvalue weighted by Crippen LogP contribution is 2.07. The normalized spacial score (nSPS) is 14.9. The number of carbonyl (C=O) groups is 1. The van der Waals surface area contributed by atoms with Gasteiger partial charge in [-0.1, -0.05) is 13.8 Å². The van der Waals surface area contributed by atoms with Gasteiger partial charge < -0.3 is 10.4 Å². The second kappa shape index (κ2) is 8.12. The Morgan fingerprint density at radius 3 is 2.64 bits per heavy atom. The van der Waals surface area contributed by atoms with Crippen LogP contribution in [0.15, 0.2) is 0 Å². The van der Waals surface area contributed by atoms with Crippen molar-refractivity contribution in [3.8, 4) is 0 Å². The second-order valence-electron chi connectivity index (χ2n) is 3.68. The van der Waals surface area contributed by atoms with E-state index in [4.69, 9.17) is 5.11 Å². The van der Waals surface area contributed by atoms with E-state index in [2.05, 4.69) is 5.32 Å². The molecule has 2 unspecified atom stereocenters. The summed E-state index contributed by atoms with van der Waals surface area (Å²) in [6.45, 7) is 6.21. The van der Waals surface area contributed by atoms with Crippen molar-refractivity contribution in [2.45, 2.75) is 33.2 Å². The summed E-state index contributed by atoms with van der Waals surface area (Å²) in [7, 11) is 0. The van der Waals surface area contributed by atoms with Gasteiger partial charge in [0, 0.05) is 12.6 Å². The predicted molar refractivity (Wildman–Crippen MR) is 61.5 cm³/mol. The van der Waals surface area contributed by atoms with Crippen molar-refractivity contribution < 1.29 is 9.90 Å². The molecule has 2 N–H and O–H groups in total. The van der Waals surface area contributed by atoms with Crippen LogP contribution in [-0.2, 0) is 4.79 Å². The number of hydrogen-bond donors (Lipinski definition) is 2. The smallest absolute Gasteiger partial charge is 0.230 e.